The lowest BCUT2D eigenvalue weighted by Crippen LogP contribution is -2.16. The zero-order chi connectivity index (χ0) is 17.7. The van der Waals surface area contributed by atoms with Crippen molar-refractivity contribution in [3.05, 3.63) is 46.5 Å². The largest absolute Gasteiger partial charge is 0.354 e. The van der Waals surface area contributed by atoms with E-state index in [1.807, 2.05) is 0 Å². The minimum Gasteiger partial charge on any atom is -0.354 e. The van der Waals surface area contributed by atoms with E-state index in [1.165, 1.54) is 18.2 Å². The van der Waals surface area contributed by atoms with Crippen molar-refractivity contribution in [1.29, 1.82) is 0 Å². The number of benzene rings is 1. The van der Waals surface area contributed by atoms with Crippen LogP contribution in [0.15, 0.2) is 24.3 Å². The third-order valence-electron chi connectivity index (χ3n) is 3.27. The summed E-state index contributed by atoms with van der Waals surface area (Å²) in [5.74, 6) is 0.0329. The molecule has 7 heteroatoms. The number of amides is 1. The van der Waals surface area contributed by atoms with Crippen LogP contribution in [0, 0.1) is 18.7 Å². The molecule has 128 valence electrons. The molecule has 2 aromatic rings. The Morgan fingerprint density at radius 2 is 2.04 bits per heavy atom. The van der Waals surface area contributed by atoms with E-state index >= 15 is 0 Å². The standard InChI is InChI=1S/C17H20ClFN4O/c1-10(2)6-7-20-17-21-11(3)8-15(23-17)16(24)22-12-4-5-14(19)13(18)9-12/h4-5,8-10H,6-7H2,1-3H3,(H,22,24)(H,20,21,23). The number of nitrogens with zero attached hydrogens (tertiary/aromatic N) is 2. The summed E-state index contributed by atoms with van der Waals surface area (Å²) in [5.41, 5.74) is 1.31. The molecule has 0 aliphatic carbocycles. The molecule has 0 saturated heterocycles. The van der Waals surface area contributed by atoms with Crippen LogP contribution in [0.5, 0.6) is 0 Å². The number of hydrogen-bond acceptors (Lipinski definition) is 4. The van der Waals surface area contributed by atoms with Gasteiger partial charge in [-0.25, -0.2) is 14.4 Å². The van der Waals surface area contributed by atoms with Crippen molar-refractivity contribution < 1.29 is 9.18 Å². The number of anilines is 2. The summed E-state index contributed by atoms with van der Waals surface area (Å²) in [4.78, 5) is 20.8. The van der Waals surface area contributed by atoms with Gasteiger partial charge in [0.1, 0.15) is 11.5 Å². The molecule has 0 unspecified atom stereocenters. The van der Waals surface area contributed by atoms with Gasteiger partial charge in [-0.15, -0.1) is 0 Å². The van der Waals surface area contributed by atoms with Crippen LogP contribution in [0.2, 0.25) is 5.02 Å². The van der Waals surface area contributed by atoms with Gasteiger partial charge in [0.15, 0.2) is 0 Å². The molecule has 0 fully saturated rings. The number of rotatable bonds is 6. The Morgan fingerprint density at radius 1 is 1.29 bits per heavy atom. The minimum absolute atomic E-state index is 0.0530. The SMILES string of the molecule is Cc1cc(C(=O)Nc2ccc(F)c(Cl)c2)nc(NCCC(C)C)n1. The monoisotopic (exact) mass is 350 g/mol. The van der Waals surface area contributed by atoms with Gasteiger partial charge in [-0.3, -0.25) is 4.79 Å². The normalized spacial score (nSPS) is 10.8. The van der Waals surface area contributed by atoms with Gasteiger partial charge in [-0.05, 0) is 43.5 Å². The fraction of sp³-hybridized carbons (Fsp3) is 0.353. The van der Waals surface area contributed by atoms with Crippen LogP contribution < -0.4 is 10.6 Å². The maximum atomic E-state index is 13.2. The first kappa shape index (κ1) is 18.1. The summed E-state index contributed by atoms with van der Waals surface area (Å²) in [6.07, 6.45) is 0.979. The molecule has 0 spiro atoms. The average molecular weight is 351 g/mol. The van der Waals surface area contributed by atoms with Gasteiger partial charge in [-0.2, -0.15) is 0 Å². The molecular weight excluding hydrogens is 331 g/mol. The summed E-state index contributed by atoms with van der Waals surface area (Å²) in [6.45, 7) is 6.79. The first-order valence-corrected chi connectivity index (χ1v) is 8.09. The number of aromatic nitrogens is 2. The molecule has 2 N–H and O–H groups in total. The fourth-order valence-corrected chi connectivity index (χ4v) is 2.19. The molecule has 0 bridgehead atoms. The molecule has 0 aliphatic heterocycles. The Hall–Kier alpha value is -2.21. The van der Waals surface area contributed by atoms with Crippen molar-refractivity contribution in [2.45, 2.75) is 27.2 Å². The van der Waals surface area contributed by atoms with E-state index in [2.05, 4.69) is 34.4 Å². The topological polar surface area (TPSA) is 66.9 Å². The van der Waals surface area contributed by atoms with Crippen LogP contribution >= 0.6 is 11.6 Å². The molecule has 24 heavy (non-hydrogen) atoms. The number of carbonyl (C=O) groups excluding carboxylic acids is 1. The van der Waals surface area contributed by atoms with E-state index in [9.17, 15) is 9.18 Å². The first-order valence-electron chi connectivity index (χ1n) is 7.71. The van der Waals surface area contributed by atoms with E-state index in [0.29, 0.717) is 23.2 Å². The lowest BCUT2D eigenvalue weighted by molar-refractivity contribution is 0.102. The smallest absolute Gasteiger partial charge is 0.274 e. The van der Waals surface area contributed by atoms with Crippen molar-refractivity contribution in [3.8, 4) is 0 Å². The molecule has 2 rings (SSSR count). The molecule has 1 aromatic carbocycles. The fourth-order valence-electron chi connectivity index (χ4n) is 2.01. The molecule has 0 saturated carbocycles. The molecule has 0 atom stereocenters. The zero-order valence-corrected chi connectivity index (χ0v) is 14.6. The lowest BCUT2D eigenvalue weighted by atomic mass is 10.1. The molecule has 1 aromatic heterocycles. The minimum atomic E-state index is -0.538. The van der Waals surface area contributed by atoms with Crippen LogP contribution in [-0.2, 0) is 0 Å². The van der Waals surface area contributed by atoms with E-state index < -0.39 is 11.7 Å². The first-order chi connectivity index (χ1) is 11.3. The second kappa shape index (κ2) is 8.06. The Kier molecular flexibility index (Phi) is 6.09. The van der Waals surface area contributed by atoms with Crippen LogP contribution in [0.4, 0.5) is 16.0 Å². The summed E-state index contributed by atoms with van der Waals surface area (Å²) in [5, 5.41) is 5.71. The highest BCUT2D eigenvalue weighted by Gasteiger charge is 2.12. The van der Waals surface area contributed by atoms with Gasteiger partial charge in [0.25, 0.3) is 5.91 Å². The Balaban J connectivity index is 2.10. The van der Waals surface area contributed by atoms with E-state index in [-0.39, 0.29) is 10.7 Å². The maximum absolute atomic E-state index is 13.2. The zero-order valence-electron chi connectivity index (χ0n) is 13.9. The highest BCUT2D eigenvalue weighted by molar-refractivity contribution is 6.31. The summed E-state index contributed by atoms with van der Waals surface area (Å²) in [6, 6.07) is 5.58. The van der Waals surface area contributed by atoms with E-state index in [4.69, 9.17) is 11.6 Å². The Labute approximate surface area is 145 Å². The van der Waals surface area contributed by atoms with Gasteiger partial charge in [0.05, 0.1) is 5.02 Å². The lowest BCUT2D eigenvalue weighted by Gasteiger charge is -2.10. The molecule has 0 aliphatic rings. The van der Waals surface area contributed by atoms with Crippen molar-refractivity contribution in [3.63, 3.8) is 0 Å². The second-order valence-electron chi connectivity index (χ2n) is 5.91. The molecule has 1 heterocycles. The summed E-state index contributed by atoms with van der Waals surface area (Å²) < 4.78 is 13.2. The summed E-state index contributed by atoms with van der Waals surface area (Å²) in [7, 11) is 0. The third kappa shape index (κ3) is 5.16. The van der Waals surface area contributed by atoms with E-state index in [1.54, 1.807) is 13.0 Å². The average Bonchev–Trinajstić information content (AvgIpc) is 2.50. The van der Waals surface area contributed by atoms with Crippen LogP contribution in [0.1, 0.15) is 36.5 Å². The predicted octanol–water partition coefficient (Wildman–Crippen LogP) is 4.29. The molecule has 1 amide bonds. The van der Waals surface area contributed by atoms with Crippen molar-refractivity contribution >= 4 is 29.1 Å². The van der Waals surface area contributed by atoms with Crippen LogP contribution in [-0.4, -0.2) is 22.4 Å². The number of hydrogen-bond donors (Lipinski definition) is 2. The Bertz CT molecular complexity index is 737. The molecule has 0 radical (unpaired) electrons. The number of nitrogens with one attached hydrogen (secondary N) is 2. The summed E-state index contributed by atoms with van der Waals surface area (Å²) >= 11 is 5.71. The number of halogens is 2. The third-order valence-corrected chi connectivity index (χ3v) is 3.56. The molecule has 5 nitrogen and oxygen atoms in total. The van der Waals surface area contributed by atoms with Crippen molar-refractivity contribution in [2.75, 3.05) is 17.2 Å². The Morgan fingerprint density at radius 3 is 2.71 bits per heavy atom. The van der Waals surface area contributed by atoms with Crippen molar-refractivity contribution in [1.82, 2.24) is 9.97 Å². The predicted molar refractivity (Wildman–Crippen MR) is 94.1 cm³/mol. The van der Waals surface area contributed by atoms with E-state index in [0.717, 1.165) is 13.0 Å². The van der Waals surface area contributed by atoms with Crippen LogP contribution in [0.25, 0.3) is 0 Å². The van der Waals surface area contributed by atoms with Crippen LogP contribution in [0.3, 0.4) is 0 Å². The van der Waals surface area contributed by atoms with Gasteiger partial charge >= 0.3 is 0 Å². The highest BCUT2D eigenvalue weighted by Crippen LogP contribution is 2.20. The maximum Gasteiger partial charge on any atom is 0.274 e. The quantitative estimate of drug-likeness (QED) is 0.815. The van der Waals surface area contributed by atoms with Gasteiger partial charge in [0.2, 0.25) is 5.95 Å². The highest BCUT2D eigenvalue weighted by atomic mass is 35.5. The number of carbonyl (C=O) groups is 1. The second-order valence-corrected chi connectivity index (χ2v) is 6.32. The van der Waals surface area contributed by atoms with Gasteiger partial charge < -0.3 is 10.6 Å². The molecular formula is C17H20ClFN4O. The number of aryl methyl sites for hydroxylation is 1. The van der Waals surface area contributed by atoms with Gasteiger partial charge in [-0.1, -0.05) is 25.4 Å². The van der Waals surface area contributed by atoms with Gasteiger partial charge in [0, 0.05) is 17.9 Å². The van der Waals surface area contributed by atoms with Crippen molar-refractivity contribution in [2.24, 2.45) is 5.92 Å².